The molecule has 15 heavy (non-hydrogen) atoms. The van der Waals surface area contributed by atoms with Gasteiger partial charge in [-0.2, -0.15) is 5.12 Å². The molecule has 0 fully saturated rings. The SMILES string of the molecule is CCCCNCCCC.NC(=O)N(N)N. The van der Waals surface area contributed by atoms with Crippen molar-refractivity contribution in [2.45, 2.75) is 39.5 Å². The number of carbonyl (C=O) groups excluding carboxylic acids is 1. The smallest absolute Gasteiger partial charge is 0.343 e. The highest BCUT2D eigenvalue weighted by Crippen LogP contribution is 1.85. The molecule has 0 rings (SSSR count). The topological polar surface area (TPSA) is 110 Å². The maximum atomic E-state index is 9.60. The van der Waals surface area contributed by atoms with E-state index in [0.717, 1.165) is 0 Å². The number of rotatable bonds is 6. The summed E-state index contributed by atoms with van der Waals surface area (Å²) in [4.78, 5) is 9.60. The summed E-state index contributed by atoms with van der Waals surface area (Å²) in [7, 11) is 0. The average Bonchev–Trinajstić information content (AvgIpc) is 2.18. The molecule has 0 spiro atoms. The van der Waals surface area contributed by atoms with Gasteiger partial charge in [0.15, 0.2) is 0 Å². The lowest BCUT2D eigenvalue weighted by atomic mass is 10.3. The summed E-state index contributed by atoms with van der Waals surface area (Å²) >= 11 is 0. The van der Waals surface area contributed by atoms with Crippen LogP contribution in [0.3, 0.4) is 0 Å². The minimum atomic E-state index is -0.852. The quantitative estimate of drug-likeness (QED) is 0.223. The molecule has 0 aromatic carbocycles. The van der Waals surface area contributed by atoms with Crippen molar-refractivity contribution < 1.29 is 4.79 Å². The fraction of sp³-hybridized carbons (Fsp3) is 0.889. The lowest BCUT2D eigenvalue weighted by Gasteiger charge is -2.00. The molecule has 0 atom stereocenters. The van der Waals surface area contributed by atoms with Gasteiger partial charge in [0.05, 0.1) is 0 Å². The van der Waals surface area contributed by atoms with Gasteiger partial charge in [-0.25, -0.2) is 16.5 Å². The first-order valence-corrected chi connectivity index (χ1v) is 5.35. The number of amides is 2. The average molecular weight is 219 g/mol. The Hall–Kier alpha value is -0.850. The second kappa shape index (κ2) is 13.2. The molecule has 0 aliphatic carbocycles. The van der Waals surface area contributed by atoms with Crippen LogP contribution < -0.4 is 22.7 Å². The predicted molar refractivity (Wildman–Crippen MR) is 62.5 cm³/mol. The van der Waals surface area contributed by atoms with Crippen molar-refractivity contribution in [3.63, 3.8) is 0 Å². The van der Waals surface area contributed by atoms with Crippen molar-refractivity contribution in [2.75, 3.05) is 13.1 Å². The molecule has 0 bridgehead atoms. The van der Waals surface area contributed by atoms with Crippen LogP contribution in [0.4, 0.5) is 4.79 Å². The summed E-state index contributed by atoms with van der Waals surface area (Å²) in [6.07, 6.45) is 5.26. The zero-order valence-electron chi connectivity index (χ0n) is 9.83. The second-order valence-corrected chi connectivity index (χ2v) is 3.20. The number of nitrogens with zero attached hydrogens (tertiary/aromatic N) is 1. The lowest BCUT2D eigenvalue weighted by Crippen LogP contribution is -2.46. The van der Waals surface area contributed by atoms with Crippen molar-refractivity contribution >= 4 is 6.03 Å². The van der Waals surface area contributed by atoms with E-state index in [9.17, 15) is 4.79 Å². The van der Waals surface area contributed by atoms with Gasteiger partial charge in [-0.05, 0) is 25.9 Å². The van der Waals surface area contributed by atoms with E-state index in [-0.39, 0.29) is 0 Å². The zero-order valence-corrected chi connectivity index (χ0v) is 9.83. The van der Waals surface area contributed by atoms with E-state index >= 15 is 0 Å². The minimum Gasteiger partial charge on any atom is -0.349 e. The molecule has 0 aromatic heterocycles. The molecule has 6 heteroatoms. The highest BCUT2D eigenvalue weighted by atomic mass is 16.2. The Labute approximate surface area is 92.1 Å². The number of carbonyl (C=O) groups is 1. The number of primary amides is 1. The van der Waals surface area contributed by atoms with E-state index in [0.29, 0.717) is 5.12 Å². The summed E-state index contributed by atoms with van der Waals surface area (Å²) in [6, 6.07) is -0.852. The summed E-state index contributed by atoms with van der Waals surface area (Å²) in [5.41, 5.74) is 4.47. The highest BCUT2D eigenvalue weighted by Gasteiger charge is 1.90. The monoisotopic (exact) mass is 219 g/mol. The molecule has 0 saturated heterocycles. The molecule has 0 heterocycles. The van der Waals surface area contributed by atoms with E-state index in [2.05, 4.69) is 36.6 Å². The zero-order chi connectivity index (χ0) is 12.1. The standard InChI is InChI=1S/C8H19N.CH6N4O/c1-3-5-7-9-8-6-4-2;2-1(6)5(3)4/h9H,3-8H2,1-2H3;3-4H2,(H2,2,6). The van der Waals surface area contributed by atoms with Crippen LogP contribution in [0.2, 0.25) is 0 Å². The van der Waals surface area contributed by atoms with Crippen LogP contribution >= 0.6 is 0 Å². The molecule has 0 saturated carbocycles. The third-order valence-corrected chi connectivity index (χ3v) is 1.67. The van der Waals surface area contributed by atoms with Gasteiger partial charge in [-0.15, -0.1) is 0 Å². The maximum absolute atomic E-state index is 9.60. The van der Waals surface area contributed by atoms with Crippen molar-refractivity contribution in [3.8, 4) is 0 Å². The molecular formula is C9H25N5O. The maximum Gasteiger partial charge on any atom is 0.343 e. The van der Waals surface area contributed by atoms with Crippen molar-refractivity contribution in [2.24, 2.45) is 17.4 Å². The summed E-state index contributed by atoms with van der Waals surface area (Å²) < 4.78 is 0. The largest absolute Gasteiger partial charge is 0.349 e. The number of hydrazine groups is 2. The number of urea groups is 1. The first-order chi connectivity index (χ1) is 7.06. The first-order valence-electron chi connectivity index (χ1n) is 5.35. The van der Waals surface area contributed by atoms with E-state index < -0.39 is 6.03 Å². The van der Waals surface area contributed by atoms with Crippen molar-refractivity contribution in [1.29, 1.82) is 0 Å². The number of nitrogens with two attached hydrogens (primary N) is 3. The van der Waals surface area contributed by atoms with Gasteiger partial charge in [-0.1, -0.05) is 26.7 Å². The van der Waals surface area contributed by atoms with Crippen molar-refractivity contribution in [1.82, 2.24) is 10.4 Å². The Morgan fingerprint density at radius 2 is 1.47 bits per heavy atom. The fourth-order valence-corrected chi connectivity index (χ4v) is 0.729. The Morgan fingerprint density at radius 1 is 1.13 bits per heavy atom. The molecule has 0 unspecified atom stereocenters. The minimum absolute atomic E-state index is 0.306. The third kappa shape index (κ3) is 19.5. The van der Waals surface area contributed by atoms with E-state index in [4.69, 9.17) is 0 Å². The van der Waals surface area contributed by atoms with Gasteiger partial charge in [-0.3, -0.25) is 0 Å². The van der Waals surface area contributed by atoms with E-state index in [1.807, 2.05) is 0 Å². The molecule has 7 N–H and O–H groups in total. The number of hydrogen-bond donors (Lipinski definition) is 4. The van der Waals surface area contributed by atoms with Crippen LogP contribution in [0.25, 0.3) is 0 Å². The van der Waals surface area contributed by atoms with Gasteiger partial charge < -0.3 is 11.1 Å². The Balaban J connectivity index is 0. The van der Waals surface area contributed by atoms with Crippen molar-refractivity contribution in [3.05, 3.63) is 0 Å². The molecule has 0 radical (unpaired) electrons. The van der Waals surface area contributed by atoms with Gasteiger partial charge in [0.1, 0.15) is 0 Å². The van der Waals surface area contributed by atoms with Crippen LogP contribution in [0.5, 0.6) is 0 Å². The summed E-state index contributed by atoms with van der Waals surface area (Å²) in [6.45, 7) is 6.86. The number of unbranched alkanes of at least 4 members (excludes halogenated alkanes) is 2. The molecule has 2 amide bonds. The summed E-state index contributed by atoms with van der Waals surface area (Å²) in [5.74, 6) is 9.14. The molecule has 0 aromatic rings. The Kier molecular flexibility index (Phi) is 14.5. The molecule has 92 valence electrons. The van der Waals surface area contributed by atoms with Gasteiger partial charge in [0.25, 0.3) is 0 Å². The molecule has 0 aliphatic rings. The fourth-order valence-electron chi connectivity index (χ4n) is 0.729. The second-order valence-electron chi connectivity index (χ2n) is 3.20. The van der Waals surface area contributed by atoms with Crippen LogP contribution in [-0.4, -0.2) is 24.2 Å². The Morgan fingerprint density at radius 3 is 1.67 bits per heavy atom. The van der Waals surface area contributed by atoms with Gasteiger partial charge in [0, 0.05) is 0 Å². The third-order valence-electron chi connectivity index (χ3n) is 1.67. The van der Waals surface area contributed by atoms with Crippen LogP contribution in [-0.2, 0) is 0 Å². The van der Waals surface area contributed by atoms with Crippen LogP contribution in [0.15, 0.2) is 0 Å². The van der Waals surface area contributed by atoms with Gasteiger partial charge in [0.2, 0.25) is 0 Å². The van der Waals surface area contributed by atoms with Crippen LogP contribution in [0.1, 0.15) is 39.5 Å². The molecule has 6 nitrogen and oxygen atoms in total. The van der Waals surface area contributed by atoms with Gasteiger partial charge >= 0.3 is 6.03 Å². The number of hydrogen-bond acceptors (Lipinski definition) is 4. The highest BCUT2D eigenvalue weighted by molar-refractivity contribution is 5.70. The lowest BCUT2D eigenvalue weighted by molar-refractivity contribution is 0.210. The van der Waals surface area contributed by atoms with E-state index in [1.54, 1.807) is 0 Å². The van der Waals surface area contributed by atoms with E-state index in [1.165, 1.54) is 38.8 Å². The normalized spacial score (nSPS) is 9.07. The molecular weight excluding hydrogens is 194 g/mol. The Bertz CT molecular complexity index is 134. The van der Waals surface area contributed by atoms with Crippen LogP contribution in [0, 0.1) is 0 Å². The first kappa shape index (κ1) is 16.6. The molecule has 0 aliphatic heterocycles. The summed E-state index contributed by atoms with van der Waals surface area (Å²) in [5, 5.41) is 3.69. The number of nitrogens with one attached hydrogen (secondary N) is 1. The predicted octanol–water partition coefficient (Wildman–Crippen LogP) is 0.291.